The van der Waals surface area contributed by atoms with Gasteiger partial charge in [0, 0.05) is 11.1 Å². The van der Waals surface area contributed by atoms with Gasteiger partial charge in [-0.3, -0.25) is 4.79 Å². The Kier molecular flexibility index (Phi) is 5.26. The summed E-state index contributed by atoms with van der Waals surface area (Å²) in [5.41, 5.74) is 0.583. The largest absolute Gasteiger partial charge is 0.488 e. The Hall–Kier alpha value is -3.25. The minimum atomic E-state index is -0.716. The molecular weight excluding hydrogens is 417 g/mol. The molecular formula is C23H14ClF3O3. The summed E-state index contributed by atoms with van der Waals surface area (Å²) in [6.45, 7) is 1.32. The van der Waals surface area contributed by atoms with Crippen molar-refractivity contribution >= 4 is 23.5 Å². The molecule has 0 fully saturated rings. The third-order valence-electron chi connectivity index (χ3n) is 4.75. The highest BCUT2D eigenvalue weighted by atomic mass is 35.5. The van der Waals surface area contributed by atoms with Crippen molar-refractivity contribution in [3.8, 4) is 11.5 Å². The van der Waals surface area contributed by atoms with E-state index in [0.29, 0.717) is 11.3 Å². The summed E-state index contributed by atoms with van der Waals surface area (Å²) < 4.78 is 52.9. The predicted octanol–water partition coefficient (Wildman–Crippen LogP) is 6.26. The number of allylic oxidation sites excluding steroid dienone is 1. The van der Waals surface area contributed by atoms with E-state index in [9.17, 15) is 18.0 Å². The van der Waals surface area contributed by atoms with Crippen molar-refractivity contribution < 1.29 is 27.4 Å². The van der Waals surface area contributed by atoms with Crippen LogP contribution >= 0.6 is 11.6 Å². The quantitative estimate of drug-likeness (QED) is 0.458. The van der Waals surface area contributed by atoms with Gasteiger partial charge in [-0.2, -0.15) is 0 Å². The van der Waals surface area contributed by atoms with Crippen molar-refractivity contribution in [3.05, 3.63) is 99.0 Å². The highest BCUT2D eigenvalue weighted by molar-refractivity contribution is 6.32. The Bertz CT molecular complexity index is 1160. The molecule has 30 heavy (non-hydrogen) atoms. The topological polar surface area (TPSA) is 35.5 Å². The summed E-state index contributed by atoms with van der Waals surface area (Å²) in [5, 5.41) is 0.141. The molecule has 0 N–H and O–H groups in total. The number of hydrogen-bond donors (Lipinski definition) is 0. The van der Waals surface area contributed by atoms with Gasteiger partial charge in [0.2, 0.25) is 5.78 Å². The molecule has 0 aliphatic carbocycles. The number of halogens is 4. The number of fused-ring (bicyclic) bond motifs is 1. The SMILES string of the molecule is Cc1c(OCc2c(F)cccc2F)ccc2c1O/C(=C\c1c(F)cccc1Cl)C2=O. The van der Waals surface area contributed by atoms with Gasteiger partial charge in [-0.1, -0.05) is 23.7 Å². The van der Waals surface area contributed by atoms with Crippen LogP contribution in [0.4, 0.5) is 13.2 Å². The normalized spacial score (nSPS) is 14.0. The number of ketones is 1. The molecule has 0 bridgehead atoms. The summed E-state index contributed by atoms with van der Waals surface area (Å²) in [7, 11) is 0. The van der Waals surface area contributed by atoms with Crippen molar-refractivity contribution in [2.24, 2.45) is 0 Å². The number of rotatable bonds is 4. The third-order valence-corrected chi connectivity index (χ3v) is 5.08. The lowest BCUT2D eigenvalue weighted by molar-refractivity contribution is 0.101. The fourth-order valence-electron chi connectivity index (χ4n) is 3.12. The maximum atomic E-state index is 14.1. The number of benzene rings is 3. The number of hydrogen-bond acceptors (Lipinski definition) is 3. The van der Waals surface area contributed by atoms with Gasteiger partial charge in [0.05, 0.1) is 16.1 Å². The second kappa shape index (κ2) is 7.88. The summed E-state index contributed by atoms with van der Waals surface area (Å²) in [5.74, 6) is -1.99. The van der Waals surface area contributed by atoms with E-state index in [0.717, 1.165) is 12.1 Å². The fraction of sp³-hybridized carbons (Fsp3) is 0.0870. The van der Waals surface area contributed by atoms with Crippen molar-refractivity contribution in [3.63, 3.8) is 0 Å². The summed E-state index contributed by atoms with van der Waals surface area (Å²) in [6, 6.07) is 10.7. The van der Waals surface area contributed by atoms with E-state index in [4.69, 9.17) is 21.1 Å². The second-order valence-electron chi connectivity index (χ2n) is 6.63. The molecule has 4 rings (SSSR count). The van der Waals surface area contributed by atoms with E-state index in [1.165, 1.54) is 42.5 Å². The molecule has 0 saturated carbocycles. The zero-order chi connectivity index (χ0) is 21.4. The standard InChI is InChI=1S/C23H14ClF3O3/c1-12-20(29-11-15-18(26)6-3-7-19(15)27)9-8-13-22(28)21(30-23(12)13)10-14-16(24)4-2-5-17(14)25/h2-10H,11H2,1H3/b21-10-. The van der Waals surface area contributed by atoms with Crippen LogP contribution in [0.5, 0.6) is 11.5 Å². The van der Waals surface area contributed by atoms with Crippen LogP contribution in [0.25, 0.3) is 6.08 Å². The highest BCUT2D eigenvalue weighted by Gasteiger charge is 2.30. The monoisotopic (exact) mass is 430 g/mol. The van der Waals surface area contributed by atoms with Gasteiger partial charge >= 0.3 is 0 Å². The zero-order valence-electron chi connectivity index (χ0n) is 15.6. The number of Topliss-reactive ketones (excluding diaryl/α,β-unsaturated/α-hetero) is 1. The first-order valence-electron chi connectivity index (χ1n) is 8.94. The molecule has 0 spiro atoms. The Morgan fingerprint density at radius 2 is 1.67 bits per heavy atom. The lowest BCUT2D eigenvalue weighted by Crippen LogP contribution is -2.03. The van der Waals surface area contributed by atoms with E-state index in [2.05, 4.69) is 0 Å². The Morgan fingerprint density at radius 3 is 2.37 bits per heavy atom. The molecule has 0 radical (unpaired) electrons. The Labute approximate surface area is 175 Å². The van der Waals surface area contributed by atoms with Crippen LogP contribution in [0.3, 0.4) is 0 Å². The van der Waals surface area contributed by atoms with E-state index in [1.54, 1.807) is 6.92 Å². The van der Waals surface area contributed by atoms with Crippen LogP contribution in [0.15, 0.2) is 54.3 Å². The van der Waals surface area contributed by atoms with E-state index >= 15 is 0 Å². The minimum absolute atomic E-state index is 0.0412. The molecule has 1 aliphatic heterocycles. The first kappa shape index (κ1) is 20.0. The average molecular weight is 431 g/mol. The molecule has 3 aromatic carbocycles. The lowest BCUT2D eigenvalue weighted by Gasteiger charge is -2.12. The molecule has 0 unspecified atom stereocenters. The van der Waals surface area contributed by atoms with Gasteiger partial charge in [-0.05, 0) is 49.4 Å². The van der Waals surface area contributed by atoms with Crippen molar-refractivity contribution in [1.29, 1.82) is 0 Å². The van der Waals surface area contributed by atoms with Crippen molar-refractivity contribution in [1.82, 2.24) is 0 Å². The average Bonchev–Trinajstić information content (AvgIpc) is 3.02. The summed E-state index contributed by atoms with van der Waals surface area (Å²) >= 11 is 6.02. The van der Waals surface area contributed by atoms with Crippen LogP contribution in [-0.2, 0) is 6.61 Å². The molecule has 3 nitrogen and oxygen atoms in total. The van der Waals surface area contributed by atoms with E-state index in [1.807, 2.05) is 0 Å². The van der Waals surface area contributed by atoms with Gasteiger partial charge in [0.15, 0.2) is 5.76 Å². The first-order valence-corrected chi connectivity index (χ1v) is 9.32. The number of ether oxygens (including phenoxy) is 2. The maximum Gasteiger partial charge on any atom is 0.231 e. The third kappa shape index (κ3) is 3.55. The van der Waals surface area contributed by atoms with Crippen molar-refractivity contribution in [2.45, 2.75) is 13.5 Å². The summed E-state index contributed by atoms with van der Waals surface area (Å²) in [4.78, 5) is 12.7. The minimum Gasteiger partial charge on any atom is -0.488 e. The molecule has 0 saturated heterocycles. The van der Waals surface area contributed by atoms with Gasteiger partial charge in [0.25, 0.3) is 0 Å². The number of carbonyl (C=O) groups is 1. The molecule has 152 valence electrons. The van der Waals surface area contributed by atoms with Gasteiger partial charge in [-0.15, -0.1) is 0 Å². The van der Waals surface area contributed by atoms with E-state index < -0.39 is 23.2 Å². The molecule has 7 heteroatoms. The molecule has 0 aromatic heterocycles. The molecule has 0 amide bonds. The highest BCUT2D eigenvalue weighted by Crippen LogP contribution is 2.40. The van der Waals surface area contributed by atoms with E-state index in [-0.39, 0.29) is 39.8 Å². The Balaban J connectivity index is 1.63. The smallest absolute Gasteiger partial charge is 0.231 e. The second-order valence-corrected chi connectivity index (χ2v) is 7.04. The van der Waals surface area contributed by atoms with Crippen molar-refractivity contribution in [2.75, 3.05) is 0 Å². The lowest BCUT2D eigenvalue weighted by atomic mass is 10.1. The number of carbonyl (C=O) groups excluding carboxylic acids is 1. The van der Waals surface area contributed by atoms with Gasteiger partial charge in [-0.25, -0.2) is 13.2 Å². The predicted molar refractivity (Wildman–Crippen MR) is 106 cm³/mol. The van der Waals surface area contributed by atoms with Crippen LogP contribution < -0.4 is 9.47 Å². The summed E-state index contributed by atoms with van der Waals surface area (Å²) in [6.07, 6.45) is 1.24. The van der Waals surface area contributed by atoms with Crippen LogP contribution in [0, 0.1) is 24.4 Å². The Morgan fingerprint density at radius 1 is 1.00 bits per heavy atom. The molecule has 3 aromatic rings. The van der Waals surface area contributed by atoms with Crippen LogP contribution in [0.1, 0.15) is 27.0 Å². The van der Waals surface area contributed by atoms with Gasteiger partial charge in [0.1, 0.15) is 35.6 Å². The van der Waals surface area contributed by atoms with Crippen LogP contribution in [-0.4, -0.2) is 5.78 Å². The first-order chi connectivity index (χ1) is 14.4. The maximum absolute atomic E-state index is 14.1. The fourth-order valence-corrected chi connectivity index (χ4v) is 3.34. The molecule has 1 aliphatic rings. The molecule has 1 heterocycles. The zero-order valence-corrected chi connectivity index (χ0v) is 16.4. The van der Waals surface area contributed by atoms with Crippen LogP contribution in [0.2, 0.25) is 5.02 Å². The van der Waals surface area contributed by atoms with Gasteiger partial charge < -0.3 is 9.47 Å². The molecule has 0 atom stereocenters.